The molecule has 0 spiro atoms. The average Bonchev–Trinajstić information content (AvgIpc) is 2.59. The van der Waals surface area contributed by atoms with Crippen molar-refractivity contribution in [2.24, 2.45) is 5.92 Å². The van der Waals surface area contributed by atoms with Crippen LogP contribution < -0.4 is 5.32 Å². The minimum absolute atomic E-state index is 0.0140. The van der Waals surface area contributed by atoms with Gasteiger partial charge in [0.15, 0.2) is 0 Å². The van der Waals surface area contributed by atoms with Crippen molar-refractivity contribution in [2.45, 2.75) is 18.9 Å². The first-order valence-electron chi connectivity index (χ1n) is 5.66. The number of nitrogens with one attached hydrogen (secondary N) is 1. The number of ketones is 1. The Bertz CT molecular complexity index is 443. The third kappa shape index (κ3) is 1.35. The second-order valence-electron chi connectivity index (χ2n) is 4.91. The molecule has 2 aliphatic heterocycles. The van der Waals surface area contributed by atoms with Gasteiger partial charge in [-0.25, -0.2) is 0 Å². The summed E-state index contributed by atoms with van der Waals surface area (Å²) in [6.07, 6.45) is 0.521. The second kappa shape index (κ2) is 3.32. The third-order valence-corrected chi connectivity index (χ3v) is 3.65. The van der Waals surface area contributed by atoms with Crippen molar-refractivity contribution in [1.82, 2.24) is 0 Å². The van der Waals surface area contributed by atoms with Crippen LogP contribution in [0.4, 0.5) is 5.69 Å². The Labute approximate surface area is 94.8 Å². The first kappa shape index (κ1) is 9.85. The molecule has 16 heavy (non-hydrogen) atoms. The standard InChI is InChI=1S/C13H15NO2/c1-13-8-16-7-10(13)12(15)6-9-4-2-3-5-11(9)14-13/h2-5,10,14H,6-8H2,1H3/t10-,13-/m0/s1. The summed E-state index contributed by atoms with van der Waals surface area (Å²) in [4.78, 5) is 12.1. The number of ether oxygens (including phenoxy) is 1. The van der Waals surface area contributed by atoms with E-state index in [0.29, 0.717) is 19.6 Å². The molecule has 3 nitrogen and oxygen atoms in total. The van der Waals surface area contributed by atoms with Crippen molar-refractivity contribution in [2.75, 3.05) is 18.5 Å². The van der Waals surface area contributed by atoms with Gasteiger partial charge >= 0.3 is 0 Å². The summed E-state index contributed by atoms with van der Waals surface area (Å²) in [6, 6.07) is 8.03. The lowest BCUT2D eigenvalue weighted by Gasteiger charge is -2.28. The number of rotatable bonds is 0. The lowest BCUT2D eigenvalue weighted by molar-refractivity contribution is -0.122. The van der Waals surface area contributed by atoms with Gasteiger partial charge in [0.05, 0.1) is 24.7 Å². The summed E-state index contributed by atoms with van der Waals surface area (Å²) in [5.41, 5.74) is 1.94. The molecule has 2 aliphatic rings. The maximum Gasteiger partial charge on any atom is 0.145 e. The molecule has 0 unspecified atom stereocenters. The number of Topliss-reactive ketones (excluding diaryl/α,β-unsaturated/α-hetero) is 1. The molecular weight excluding hydrogens is 202 g/mol. The minimum Gasteiger partial charge on any atom is -0.378 e. The van der Waals surface area contributed by atoms with Crippen molar-refractivity contribution < 1.29 is 9.53 Å². The van der Waals surface area contributed by atoms with Crippen LogP contribution in [0.15, 0.2) is 24.3 Å². The zero-order valence-corrected chi connectivity index (χ0v) is 9.32. The maximum absolute atomic E-state index is 12.1. The molecule has 0 saturated carbocycles. The lowest BCUT2D eigenvalue weighted by atomic mass is 9.85. The van der Waals surface area contributed by atoms with E-state index in [2.05, 4.69) is 12.2 Å². The van der Waals surface area contributed by atoms with Gasteiger partial charge in [0.1, 0.15) is 5.78 Å². The van der Waals surface area contributed by atoms with Crippen molar-refractivity contribution in [3.05, 3.63) is 29.8 Å². The molecule has 1 aromatic rings. The van der Waals surface area contributed by atoms with E-state index >= 15 is 0 Å². The molecule has 0 amide bonds. The fraction of sp³-hybridized carbons (Fsp3) is 0.462. The molecule has 2 atom stereocenters. The van der Waals surface area contributed by atoms with Crippen molar-refractivity contribution in [1.29, 1.82) is 0 Å². The smallest absolute Gasteiger partial charge is 0.145 e. The van der Waals surface area contributed by atoms with Crippen molar-refractivity contribution in [3.8, 4) is 0 Å². The first-order valence-corrected chi connectivity index (χ1v) is 5.66. The number of carbonyl (C=O) groups excluding carboxylic acids is 1. The van der Waals surface area contributed by atoms with E-state index in [4.69, 9.17) is 4.74 Å². The number of carbonyl (C=O) groups is 1. The van der Waals surface area contributed by atoms with E-state index in [1.165, 1.54) is 0 Å². The van der Waals surface area contributed by atoms with Crippen LogP contribution in [0.2, 0.25) is 0 Å². The molecule has 0 radical (unpaired) electrons. The monoisotopic (exact) mass is 217 g/mol. The Morgan fingerprint density at radius 2 is 2.25 bits per heavy atom. The third-order valence-electron chi connectivity index (χ3n) is 3.65. The molecule has 84 valence electrons. The van der Waals surface area contributed by atoms with E-state index < -0.39 is 0 Å². The number of para-hydroxylation sites is 1. The highest BCUT2D eigenvalue weighted by molar-refractivity contribution is 5.88. The average molecular weight is 217 g/mol. The predicted molar refractivity (Wildman–Crippen MR) is 61.5 cm³/mol. The molecule has 1 fully saturated rings. The Hall–Kier alpha value is -1.35. The molecule has 2 heterocycles. The highest BCUT2D eigenvalue weighted by Gasteiger charge is 2.45. The molecule has 1 N–H and O–H groups in total. The van der Waals surface area contributed by atoms with Crippen LogP contribution in [0.1, 0.15) is 12.5 Å². The SMILES string of the molecule is C[C@]12COC[C@H]1C(=O)Cc1ccccc1N2. The highest BCUT2D eigenvalue weighted by Crippen LogP contribution is 2.35. The van der Waals surface area contributed by atoms with Crippen LogP contribution in [0.25, 0.3) is 0 Å². The Morgan fingerprint density at radius 3 is 3.12 bits per heavy atom. The number of fused-ring (bicyclic) bond motifs is 2. The number of benzene rings is 1. The van der Waals surface area contributed by atoms with Gasteiger partial charge in [-0.05, 0) is 18.6 Å². The minimum atomic E-state index is -0.232. The summed E-state index contributed by atoms with van der Waals surface area (Å²) < 4.78 is 5.45. The molecular formula is C13H15NO2. The number of hydrogen-bond donors (Lipinski definition) is 1. The van der Waals surface area contributed by atoms with E-state index in [0.717, 1.165) is 11.3 Å². The van der Waals surface area contributed by atoms with Gasteiger partial charge in [0.25, 0.3) is 0 Å². The molecule has 0 aliphatic carbocycles. The van der Waals surface area contributed by atoms with Gasteiger partial charge in [-0.2, -0.15) is 0 Å². The second-order valence-corrected chi connectivity index (χ2v) is 4.91. The molecule has 3 rings (SSSR count). The number of hydrogen-bond acceptors (Lipinski definition) is 3. The largest absolute Gasteiger partial charge is 0.378 e. The van der Waals surface area contributed by atoms with Crippen molar-refractivity contribution >= 4 is 11.5 Å². The van der Waals surface area contributed by atoms with Gasteiger partial charge in [-0.3, -0.25) is 4.79 Å². The summed E-state index contributed by atoms with van der Waals surface area (Å²) in [5.74, 6) is 0.275. The first-order chi connectivity index (χ1) is 7.69. The van der Waals surface area contributed by atoms with Crippen LogP contribution in [0, 0.1) is 5.92 Å². The normalized spacial score (nSPS) is 32.6. The highest BCUT2D eigenvalue weighted by atomic mass is 16.5. The van der Waals surface area contributed by atoms with Crippen LogP contribution in [0.3, 0.4) is 0 Å². The van der Waals surface area contributed by atoms with Gasteiger partial charge in [-0.1, -0.05) is 18.2 Å². The van der Waals surface area contributed by atoms with E-state index in [1.54, 1.807) is 0 Å². The molecule has 1 saturated heterocycles. The van der Waals surface area contributed by atoms with Crippen molar-refractivity contribution in [3.63, 3.8) is 0 Å². The van der Waals surface area contributed by atoms with Crippen LogP contribution >= 0.6 is 0 Å². The molecule has 1 aromatic carbocycles. The maximum atomic E-state index is 12.1. The van der Waals surface area contributed by atoms with E-state index in [-0.39, 0.29) is 17.2 Å². The molecule has 3 heteroatoms. The van der Waals surface area contributed by atoms with Gasteiger partial charge < -0.3 is 10.1 Å². The van der Waals surface area contributed by atoms with Gasteiger partial charge in [0, 0.05) is 12.1 Å². The van der Waals surface area contributed by atoms with E-state index in [1.807, 2.05) is 24.3 Å². The fourth-order valence-corrected chi connectivity index (χ4v) is 2.66. The van der Waals surface area contributed by atoms with E-state index in [9.17, 15) is 4.79 Å². The van der Waals surface area contributed by atoms with Gasteiger partial charge in [0.2, 0.25) is 0 Å². The summed E-state index contributed by atoms with van der Waals surface area (Å²) >= 11 is 0. The quantitative estimate of drug-likeness (QED) is 0.717. The summed E-state index contributed by atoms with van der Waals surface area (Å²) in [6.45, 7) is 3.23. The lowest BCUT2D eigenvalue weighted by Crippen LogP contribution is -2.44. The zero-order chi connectivity index (χ0) is 11.2. The Morgan fingerprint density at radius 1 is 1.44 bits per heavy atom. The molecule has 0 bridgehead atoms. The zero-order valence-electron chi connectivity index (χ0n) is 9.32. The van der Waals surface area contributed by atoms with Crippen LogP contribution in [0.5, 0.6) is 0 Å². The Balaban J connectivity index is 2.07. The van der Waals surface area contributed by atoms with Gasteiger partial charge in [-0.15, -0.1) is 0 Å². The summed E-state index contributed by atoms with van der Waals surface area (Å²) in [5, 5.41) is 3.48. The topological polar surface area (TPSA) is 38.3 Å². The Kier molecular flexibility index (Phi) is 2.04. The predicted octanol–water partition coefficient (Wildman–Crippen LogP) is 1.63. The summed E-state index contributed by atoms with van der Waals surface area (Å²) in [7, 11) is 0. The number of anilines is 1. The molecule has 0 aromatic heterocycles. The fourth-order valence-electron chi connectivity index (χ4n) is 2.66. The van der Waals surface area contributed by atoms with Crippen LogP contribution in [-0.2, 0) is 16.0 Å². The van der Waals surface area contributed by atoms with Crippen LogP contribution in [-0.4, -0.2) is 24.5 Å².